The van der Waals surface area contributed by atoms with Gasteiger partial charge in [-0.2, -0.15) is 0 Å². The van der Waals surface area contributed by atoms with Crippen molar-refractivity contribution in [3.8, 4) is 17.6 Å². The number of amides is 2. The Labute approximate surface area is 327 Å². The van der Waals surface area contributed by atoms with E-state index in [0.29, 0.717) is 35.7 Å². The highest BCUT2D eigenvalue weighted by atomic mass is 16.6. The van der Waals surface area contributed by atoms with Crippen LogP contribution in [0.25, 0.3) is 0 Å². The second-order valence-electron chi connectivity index (χ2n) is 15.0. The smallest absolute Gasteiger partial charge is 0.324 e. The normalized spacial score (nSPS) is 25.9. The highest BCUT2D eigenvalue weighted by molar-refractivity contribution is 6.12. The molecule has 4 aliphatic rings. The minimum Gasteiger partial charge on any atom is -0.491 e. The number of nitrogens with zero attached hydrogens (tertiary/aromatic N) is 2. The zero-order valence-electron chi connectivity index (χ0n) is 31.3. The van der Waals surface area contributed by atoms with Crippen molar-refractivity contribution in [2.75, 3.05) is 38.2 Å². The molecule has 3 saturated heterocycles. The van der Waals surface area contributed by atoms with E-state index in [1.54, 1.807) is 12.1 Å². The largest absolute Gasteiger partial charge is 0.491 e. The fourth-order valence-corrected chi connectivity index (χ4v) is 9.45. The maximum atomic E-state index is 15.6. The lowest BCUT2D eigenvalue weighted by Crippen LogP contribution is -2.55. The first-order chi connectivity index (χ1) is 27.5. The maximum absolute atomic E-state index is 15.6. The van der Waals surface area contributed by atoms with Crippen LogP contribution in [-0.2, 0) is 24.5 Å². The highest BCUT2D eigenvalue weighted by Crippen LogP contribution is 2.65. The number of carbonyl (C=O) groups excluding carboxylic acids is 3. The molecule has 8 rings (SSSR count). The number of ether oxygens (including phenoxy) is 2. The van der Waals surface area contributed by atoms with Gasteiger partial charge in [0.2, 0.25) is 11.8 Å². The number of benzene rings is 4. The van der Waals surface area contributed by atoms with Gasteiger partial charge in [0, 0.05) is 30.8 Å². The van der Waals surface area contributed by atoms with E-state index in [1.165, 1.54) is 0 Å². The number of cyclic esters (lactones) is 1. The number of carbonyl (C=O) groups is 3. The Morgan fingerprint density at radius 3 is 2.16 bits per heavy atom. The van der Waals surface area contributed by atoms with E-state index in [9.17, 15) is 10.2 Å². The molecule has 1 spiro atoms. The van der Waals surface area contributed by atoms with Gasteiger partial charge in [0.25, 0.3) is 0 Å². The zero-order chi connectivity index (χ0) is 38.6. The Bertz CT molecular complexity index is 2110. The summed E-state index contributed by atoms with van der Waals surface area (Å²) < 4.78 is 12.3. The summed E-state index contributed by atoms with van der Waals surface area (Å²) in [5, 5.41) is 22.1. The average molecular weight is 754 g/mol. The number of morpholine rings is 1. The number of esters is 1. The SMILES string of the molecule is O=C1OC(c2ccccc2)C(c2ccccc2)N2C1C(C(=O)N1CCCCCCC1)C1(C(=O)Nc3ccc(C#CCCO)cc31)C2c1ccc(OCCO)cc1. The third kappa shape index (κ3) is 6.64. The molecule has 6 unspecified atom stereocenters. The van der Waals surface area contributed by atoms with E-state index >= 15 is 14.4 Å². The second kappa shape index (κ2) is 16.3. The molecule has 4 aliphatic heterocycles. The van der Waals surface area contributed by atoms with Crippen molar-refractivity contribution in [3.05, 3.63) is 131 Å². The van der Waals surface area contributed by atoms with Crippen LogP contribution in [-0.4, -0.2) is 76.7 Å². The lowest BCUT2D eigenvalue weighted by Gasteiger charge is -2.46. The van der Waals surface area contributed by atoms with Gasteiger partial charge in [-0.3, -0.25) is 19.3 Å². The van der Waals surface area contributed by atoms with Gasteiger partial charge >= 0.3 is 5.97 Å². The number of nitrogens with one attached hydrogen (secondary N) is 1. The standard InChI is InChI=1S/C46H47N3O7/c50-27-13-10-14-31-19-24-37-36(30-31)46(45(54)47-37)38(43(52)48-25-11-2-1-3-12-26-48)40-44(53)56-41(33-17-8-5-9-18-33)39(32-15-6-4-7-16-32)49(40)42(46)34-20-22-35(23-21-34)55-29-28-51/h4-9,15-24,30,38-42,50-51H,1-3,11-13,25-29H2,(H,47,54). The van der Waals surface area contributed by atoms with Crippen molar-refractivity contribution < 1.29 is 34.1 Å². The zero-order valence-corrected chi connectivity index (χ0v) is 31.3. The fraction of sp³-hybridized carbons (Fsp3) is 0.370. The van der Waals surface area contributed by atoms with Crippen molar-refractivity contribution in [1.82, 2.24) is 9.80 Å². The topological polar surface area (TPSA) is 129 Å². The third-order valence-corrected chi connectivity index (χ3v) is 11.8. The minimum absolute atomic E-state index is 0.0867. The molecule has 10 heteroatoms. The molecule has 288 valence electrons. The molecule has 0 aliphatic carbocycles. The van der Waals surface area contributed by atoms with Crippen LogP contribution in [0.4, 0.5) is 5.69 Å². The number of anilines is 1. The van der Waals surface area contributed by atoms with Crippen molar-refractivity contribution in [3.63, 3.8) is 0 Å². The monoisotopic (exact) mass is 753 g/mol. The van der Waals surface area contributed by atoms with Crippen molar-refractivity contribution >= 4 is 23.5 Å². The summed E-state index contributed by atoms with van der Waals surface area (Å²) in [5.41, 5.74) is 2.58. The van der Waals surface area contributed by atoms with Gasteiger partial charge in [-0.05, 0) is 65.4 Å². The van der Waals surface area contributed by atoms with E-state index in [4.69, 9.17) is 9.47 Å². The van der Waals surface area contributed by atoms with Crippen molar-refractivity contribution in [2.24, 2.45) is 5.92 Å². The Morgan fingerprint density at radius 1 is 0.804 bits per heavy atom. The summed E-state index contributed by atoms with van der Waals surface area (Å²) in [6.45, 7) is 0.946. The van der Waals surface area contributed by atoms with Crippen molar-refractivity contribution in [2.45, 2.75) is 68.2 Å². The Hall–Kier alpha value is -5.47. The number of likely N-dealkylation sites (tertiary alicyclic amines) is 1. The van der Waals surface area contributed by atoms with Crippen LogP contribution in [0.15, 0.2) is 103 Å². The van der Waals surface area contributed by atoms with Gasteiger partial charge < -0.3 is 29.9 Å². The predicted octanol–water partition coefficient (Wildman–Crippen LogP) is 5.86. The van der Waals surface area contributed by atoms with Crippen LogP contribution in [0, 0.1) is 17.8 Å². The average Bonchev–Trinajstić information content (AvgIpc) is 3.69. The molecule has 10 nitrogen and oxygen atoms in total. The molecular weight excluding hydrogens is 707 g/mol. The van der Waals surface area contributed by atoms with Crippen LogP contribution < -0.4 is 10.1 Å². The molecule has 6 atom stereocenters. The van der Waals surface area contributed by atoms with E-state index in [1.807, 2.05) is 95.9 Å². The first kappa shape index (κ1) is 37.5. The third-order valence-electron chi connectivity index (χ3n) is 11.8. The highest BCUT2D eigenvalue weighted by Gasteiger charge is 2.74. The summed E-state index contributed by atoms with van der Waals surface area (Å²) >= 11 is 0. The van der Waals surface area contributed by atoms with E-state index < -0.39 is 41.5 Å². The van der Waals surface area contributed by atoms with Gasteiger partial charge in [-0.1, -0.05) is 104 Å². The van der Waals surface area contributed by atoms with E-state index in [0.717, 1.165) is 48.8 Å². The van der Waals surface area contributed by atoms with Crippen LogP contribution in [0.3, 0.4) is 0 Å². The van der Waals surface area contributed by atoms with Crippen molar-refractivity contribution in [1.29, 1.82) is 0 Å². The molecule has 4 heterocycles. The summed E-state index contributed by atoms with van der Waals surface area (Å²) in [5.74, 6) is 4.38. The fourth-order valence-electron chi connectivity index (χ4n) is 9.45. The van der Waals surface area contributed by atoms with E-state index in [2.05, 4.69) is 22.1 Å². The number of hydrogen-bond donors (Lipinski definition) is 3. The Kier molecular flexibility index (Phi) is 10.9. The lowest BCUT2D eigenvalue weighted by molar-refractivity contribution is -0.179. The van der Waals surface area contributed by atoms with Gasteiger partial charge in [0.15, 0.2) is 0 Å². The molecule has 0 saturated carbocycles. The second-order valence-corrected chi connectivity index (χ2v) is 15.0. The molecule has 0 bridgehead atoms. The van der Waals surface area contributed by atoms with Crippen LogP contribution in [0.1, 0.15) is 84.5 Å². The first-order valence-electron chi connectivity index (χ1n) is 19.7. The molecule has 4 aromatic carbocycles. The molecule has 3 fully saturated rings. The van der Waals surface area contributed by atoms with E-state index in [-0.39, 0.29) is 38.1 Å². The molecule has 0 radical (unpaired) electrons. The van der Waals surface area contributed by atoms with Crippen LogP contribution in [0.5, 0.6) is 5.75 Å². The summed E-state index contributed by atoms with van der Waals surface area (Å²) in [6, 6.07) is 29.9. The van der Waals surface area contributed by atoms with Gasteiger partial charge in [-0.15, -0.1) is 0 Å². The summed E-state index contributed by atoms with van der Waals surface area (Å²) in [6.07, 6.45) is 4.29. The van der Waals surface area contributed by atoms with Gasteiger partial charge in [0.05, 0.1) is 31.2 Å². The minimum atomic E-state index is -1.60. The molecule has 3 N–H and O–H groups in total. The molecule has 0 aromatic heterocycles. The molecular formula is C46H47N3O7. The van der Waals surface area contributed by atoms with Gasteiger partial charge in [0.1, 0.15) is 29.9 Å². The van der Waals surface area contributed by atoms with Crippen LogP contribution in [0.2, 0.25) is 0 Å². The number of hydrogen-bond acceptors (Lipinski definition) is 8. The molecule has 4 aromatic rings. The predicted molar refractivity (Wildman–Crippen MR) is 210 cm³/mol. The molecule has 2 amide bonds. The van der Waals surface area contributed by atoms with Gasteiger partial charge in [-0.25, -0.2) is 0 Å². The number of aliphatic hydroxyl groups excluding tert-OH is 2. The maximum Gasteiger partial charge on any atom is 0.324 e. The Morgan fingerprint density at radius 2 is 1.48 bits per heavy atom. The number of aliphatic hydroxyl groups is 2. The quantitative estimate of drug-likeness (QED) is 0.151. The number of rotatable bonds is 8. The lowest BCUT2D eigenvalue weighted by atomic mass is 9.65. The Balaban J connectivity index is 1.42. The summed E-state index contributed by atoms with van der Waals surface area (Å²) in [4.78, 5) is 50.1. The summed E-state index contributed by atoms with van der Waals surface area (Å²) in [7, 11) is 0. The number of fused-ring (bicyclic) bond motifs is 3. The molecule has 56 heavy (non-hydrogen) atoms. The first-order valence-corrected chi connectivity index (χ1v) is 19.7. The van der Waals surface area contributed by atoms with Crippen LogP contribution >= 0.6 is 0 Å².